The highest BCUT2D eigenvalue weighted by atomic mass is 79.9. The van der Waals surface area contributed by atoms with Gasteiger partial charge in [0, 0.05) is 24.1 Å². The third-order valence-corrected chi connectivity index (χ3v) is 3.54. The monoisotopic (exact) mass is 312 g/mol. The lowest BCUT2D eigenvalue weighted by Crippen LogP contribution is -2.29. The minimum atomic E-state index is -0.288. The number of nitrogens with zero attached hydrogens (tertiary/aromatic N) is 1. The first-order valence-electron chi connectivity index (χ1n) is 6.06. The van der Waals surface area contributed by atoms with Crippen LogP contribution in [0.1, 0.15) is 16.8 Å². The lowest BCUT2D eigenvalue weighted by molar-refractivity contribution is 0.0601. The maximum Gasteiger partial charge on any atom is 0.340 e. The van der Waals surface area contributed by atoms with Gasteiger partial charge in [0.05, 0.1) is 18.4 Å². The van der Waals surface area contributed by atoms with Crippen molar-refractivity contribution in [3.8, 4) is 0 Å². The van der Waals surface area contributed by atoms with Crippen molar-refractivity contribution in [2.24, 2.45) is 0 Å². The standard InChI is InChI=1S/C13H17BrN2O2/c1-18-13(17)11-9-10(14)3-4-12(11)16-7-2-5-15-6-8-16/h3-4,9,15H,2,5-8H2,1H3. The van der Waals surface area contributed by atoms with E-state index in [1.807, 2.05) is 18.2 Å². The lowest BCUT2D eigenvalue weighted by atomic mass is 10.1. The van der Waals surface area contributed by atoms with Gasteiger partial charge in [0.1, 0.15) is 0 Å². The van der Waals surface area contributed by atoms with Crippen molar-refractivity contribution in [2.45, 2.75) is 6.42 Å². The Labute approximate surface area is 115 Å². The van der Waals surface area contributed by atoms with Gasteiger partial charge in [-0.15, -0.1) is 0 Å². The number of hydrogen-bond acceptors (Lipinski definition) is 4. The summed E-state index contributed by atoms with van der Waals surface area (Å²) in [6.07, 6.45) is 1.08. The average molecular weight is 313 g/mol. The number of methoxy groups -OCH3 is 1. The zero-order chi connectivity index (χ0) is 13.0. The van der Waals surface area contributed by atoms with Gasteiger partial charge >= 0.3 is 5.97 Å². The molecular formula is C13H17BrN2O2. The molecule has 0 aliphatic carbocycles. The number of rotatable bonds is 2. The molecule has 0 atom stereocenters. The average Bonchev–Trinajstić information content (AvgIpc) is 2.66. The maximum absolute atomic E-state index is 11.8. The maximum atomic E-state index is 11.8. The second-order valence-electron chi connectivity index (χ2n) is 4.24. The van der Waals surface area contributed by atoms with E-state index in [4.69, 9.17) is 4.74 Å². The summed E-state index contributed by atoms with van der Waals surface area (Å²) >= 11 is 3.39. The summed E-state index contributed by atoms with van der Waals surface area (Å²) < 4.78 is 5.74. The molecule has 4 nitrogen and oxygen atoms in total. The van der Waals surface area contributed by atoms with Gasteiger partial charge in [-0.25, -0.2) is 4.79 Å². The normalized spacial score (nSPS) is 16.2. The Morgan fingerprint density at radius 2 is 2.22 bits per heavy atom. The van der Waals surface area contributed by atoms with Gasteiger partial charge in [0.25, 0.3) is 0 Å². The van der Waals surface area contributed by atoms with E-state index in [-0.39, 0.29) is 5.97 Å². The van der Waals surface area contributed by atoms with Crippen LogP contribution < -0.4 is 10.2 Å². The molecule has 1 heterocycles. The molecule has 0 unspecified atom stereocenters. The van der Waals surface area contributed by atoms with Gasteiger partial charge in [0.2, 0.25) is 0 Å². The minimum Gasteiger partial charge on any atom is -0.465 e. The summed E-state index contributed by atoms with van der Waals surface area (Å²) in [6.45, 7) is 3.83. The third kappa shape index (κ3) is 3.03. The van der Waals surface area contributed by atoms with Crippen LogP contribution in [0.5, 0.6) is 0 Å². The Morgan fingerprint density at radius 1 is 1.39 bits per heavy atom. The predicted octanol–water partition coefficient (Wildman–Crippen LogP) is 2.04. The van der Waals surface area contributed by atoms with E-state index in [0.717, 1.165) is 42.8 Å². The quantitative estimate of drug-likeness (QED) is 0.849. The first-order chi connectivity index (χ1) is 8.72. The van der Waals surface area contributed by atoms with Crippen LogP contribution >= 0.6 is 15.9 Å². The number of anilines is 1. The van der Waals surface area contributed by atoms with Gasteiger partial charge in [-0.3, -0.25) is 0 Å². The van der Waals surface area contributed by atoms with Crippen LogP contribution in [-0.2, 0) is 4.74 Å². The molecule has 18 heavy (non-hydrogen) atoms. The van der Waals surface area contributed by atoms with Crippen molar-refractivity contribution in [1.82, 2.24) is 5.32 Å². The first kappa shape index (κ1) is 13.4. The highest BCUT2D eigenvalue weighted by molar-refractivity contribution is 9.10. The van der Waals surface area contributed by atoms with E-state index in [1.54, 1.807) is 0 Å². The molecule has 0 aromatic heterocycles. The van der Waals surface area contributed by atoms with Crippen molar-refractivity contribution in [3.63, 3.8) is 0 Å². The second kappa shape index (κ2) is 6.20. The molecule has 1 aliphatic rings. The summed E-state index contributed by atoms with van der Waals surface area (Å²) in [5.41, 5.74) is 1.57. The Morgan fingerprint density at radius 3 is 3.00 bits per heavy atom. The Bertz CT molecular complexity index is 429. The highest BCUT2D eigenvalue weighted by Crippen LogP contribution is 2.25. The number of esters is 1. The van der Waals surface area contributed by atoms with Gasteiger partial charge in [-0.2, -0.15) is 0 Å². The molecular weight excluding hydrogens is 296 g/mol. The number of halogens is 1. The number of carbonyl (C=O) groups is 1. The van der Waals surface area contributed by atoms with Gasteiger partial charge in [-0.1, -0.05) is 15.9 Å². The Hall–Kier alpha value is -1.07. The van der Waals surface area contributed by atoms with E-state index < -0.39 is 0 Å². The van der Waals surface area contributed by atoms with Gasteiger partial charge < -0.3 is 15.0 Å². The lowest BCUT2D eigenvalue weighted by Gasteiger charge is -2.24. The van der Waals surface area contributed by atoms with Crippen LogP contribution in [-0.4, -0.2) is 39.3 Å². The van der Waals surface area contributed by atoms with Crippen molar-refractivity contribution in [2.75, 3.05) is 38.2 Å². The van der Waals surface area contributed by atoms with Crippen molar-refractivity contribution in [3.05, 3.63) is 28.2 Å². The first-order valence-corrected chi connectivity index (χ1v) is 6.85. The molecule has 0 bridgehead atoms. The van der Waals surface area contributed by atoms with E-state index >= 15 is 0 Å². The topological polar surface area (TPSA) is 41.6 Å². The van der Waals surface area contributed by atoms with E-state index in [0.29, 0.717) is 5.56 Å². The smallest absolute Gasteiger partial charge is 0.340 e. The van der Waals surface area contributed by atoms with Crippen LogP contribution in [0.3, 0.4) is 0 Å². The molecule has 1 aliphatic heterocycles. The fourth-order valence-corrected chi connectivity index (χ4v) is 2.51. The van der Waals surface area contributed by atoms with Crippen molar-refractivity contribution < 1.29 is 9.53 Å². The fourth-order valence-electron chi connectivity index (χ4n) is 2.14. The molecule has 98 valence electrons. The second-order valence-corrected chi connectivity index (χ2v) is 5.16. The number of benzene rings is 1. The molecule has 1 N–H and O–H groups in total. The van der Waals surface area contributed by atoms with Crippen LogP contribution in [0.25, 0.3) is 0 Å². The Balaban J connectivity index is 2.32. The fraction of sp³-hybridized carbons (Fsp3) is 0.462. The van der Waals surface area contributed by atoms with Crippen molar-refractivity contribution >= 4 is 27.6 Å². The number of ether oxygens (including phenoxy) is 1. The van der Waals surface area contributed by atoms with E-state index in [9.17, 15) is 4.79 Å². The van der Waals surface area contributed by atoms with Crippen LogP contribution in [0.2, 0.25) is 0 Å². The van der Waals surface area contributed by atoms with Gasteiger partial charge in [0.15, 0.2) is 0 Å². The molecule has 0 saturated carbocycles. The van der Waals surface area contributed by atoms with E-state index in [1.165, 1.54) is 7.11 Å². The van der Waals surface area contributed by atoms with Gasteiger partial charge in [-0.05, 0) is 31.2 Å². The van der Waals surface area contributed by atoms with Crippen LogP contribution in [0, 0.1) is 0 Å². The largest absolute Gasteiger partial charge is 0.465 e. The third-order valence-electron chi connectivity index (χ3n) is 3.04. The van der Waals surface area contributed by atoms with E-state index in [2.05, 4.69) is 26.1 Å². The molecule has 5 heteroatoms. The predicted molar refractivity (Wildman–Crippen MR) is 75.2 cm³/mol. The molecule has 0 spiro atoms. The molecule has 0 amide bonds. The number of nitrogens with one attached hydrogen (secondary N) is 1. The summed E-state index contributed by atoms with van der Waals surface area (Å²) in [5.74, 6) is -0.288. The molecule has 1 aromatic rings. The summed E-state index contributed by atoms with van der Waals surface area (Å²) in [5, 5.41) is 3.35. The highest BCUT2D eigenvalue weighted by Gasteiger charge is 2.18. The molecule has 2 rings (SSSR count). The molecule has 0 radical (unpaired) electrons. The molecule has 1 aromatic carbocycles. The Kier molecular flexibility index (Phi) is 4.60. The van der Waals surface area contributed by atoms with Crippen molar-refractivity contribution in [1.29, 1.82) is 0 Å². The van der Waals surface area contributed by atoms with Crippen LogP contribution in [0.4, 0.5) is 5.69 Å². The number of carbonyl (C=O) groups excluding carboxylic acids is 1. The summed E-state index contributed by atoms with van der Waals surface area (Å²) in [7, 11) is 1.41. The number of hydrogen-bond donors (Lipinski definition) is 1. The zero-order valence-electron chi connectivity index (χ0n) is 10.4. The van der Waals surface area contributed by atoms with Crippen LogP contribution in [0.15, 0.2) is 22.7 Å². The zero-order valence-corrected chi connectivity index (χ0v) is 12.0. The minimum absolute atomic E-state index is 0.288. The summed E-state index contributed by atoms with van der Waals surface area (Å²) in [6, 6.07) is 5.75. The summed E-state index contributed by atoms with van der Waals surface area (Å²) in [4.78, 5) is 14.1. The molecule has 1 saturated heterocycles. The molecule has 1 fully saturated rings. The SMILES string of the molecule is COC(=O)c1cc(Br)ccc1N1CCCNCC1.